The van der Waals surface area contributed by atoms with Crippen molar-refractivity contribution in [3.05, 3.63) is 77.6 Å². The molecule has 0 saturated heterocycles. The summed E-state index contributed by atoms with van der Waals surface area (Å²) < 4.78 is 82.7. The number of carbonyl (C=O) groups excluding carboxylic acids is 2. The third kappa shape index (κ3) is 6.96. The minimum Gasteiger partial charge on any atom is -0.496 e. The third-order valence-electron chi connectivity index (χ3n) is 7.01. The molecule has 4 rings (SSSR count). The van der Waals surface area contributed by atoms with Crippen molar-refractivity contribution in [3.8, 4) is 16.9 Å². The molecule has 3 aromatic rings. The molecule has 0 spiro atoms. The van der Waals surface area contributed by atoms with E-state index in [9.17, 15) is 36.0 Å². The lowest BCUT2D eigenvalue weighted by Crippen LogP contribution is -2.42. The van der Waals surface area contributed by atoms with Crippen LogP contribution in [-0.4, -0.2) is 50.0 Å². The van der Waals surface area contributed by atoms with Gasteiger partial charge in [0.1, 0.15) is 11.6 Å². The van der Waals surface area contributed by atoms with Crippen LogP contribution in [0.5, 0.6) is 5.75 Å². The fraction of sp³-hybridized carbons (Fsp3) is 0.276. The van der Waals surface area contributed by atoms with Crippen molar-refractivity contribution < 1.29 is 50.2 Å². The summed E-state index contributed by atoms with van der Waals surface area (Å²) in [7, 11) is -4.38. The Balaban J connectivity index is 1.54. The number of carbonyl (C=O) groups is 3. The highest BCUT2D eigenvalue weighted by atomic mass is 32.2. The van der Waals surface area contributed by atoms with Gasteiger partial charge in [-0.3, -0.25) is 14.4 Å². The summed E-state index contributed by atoms with van der Waals surface area (Å²) in [4.78, 5) is 36.5. The highest BCUT2D eigenvalue weighted by Gasteiger charge is 2.47. The number of nitrogens with one attached hydrogen (secondary N) is 2. The number of hydrogen-bond donors (Lipinski definition) is 3. The van der Waals surface area contributed by atoms with Crippen LogP contribution < -0.4 is 15.4 Å². The zero-order valence-electron chi connectivity index (χ0n) is 22.6. The van der Waals surface area contributed by atoms with E-state index < -0.39 is 55.8 Å². The number of methoxy groups -OCH3 is 1. The lowest BCUT2D eigenvalue weighted by Gasteiger charge is -2.22. The summed E-state index contributed by atoms with van der Waals surface area (Å²) in [6.07, 6.45) is 0.972. The second-order valence-corrected chi connectivity index (χ2v) is 11.8. The summed E-state index contributed by atoms with van der Waals surface area (Å²) in [5, 5.41) is 14.3. The number of sulfone groups is 1. The first kappa shape index (κ1) is 31.5. The van der Waals surface area contributed by atoms with Gasteiger partial charge in [0, 0.05) is 23.4 Å². The number of benzene rings is 3. The van der Waals surface area contributed by atoms with Gasteiger partial charge in [-0.2, -0.15) is 13.2 Å². The van der Waals surface area contributed by atoms with Crippen LogP contribution >= 0.6 is 0 Å². The Hall–Kier alpha value is -4.46. The van der Waals surface area contributed by atoms with Gasteiger partial charge in [0.15, 0.2) is 0 Å². The zero-order valence-corrected chi connectivity index (χ0v) is 23.4. The quantitative estimate of drug-likeness (QED) is 0.287. The summed E-state index contributed by atoms with van der Waals surface area (Å²) >= 11 is 0. The molecule has 2 atom stereocenters. The van der Waals surface area contributed by atoms with Crippen LogP contribution in [0, 0.1) is 11.7 Å². The summed E-state index contributed by atoms with van der Waals surface area (Å²) in [5.41, 5.74) is -4.94. The summed E-state index contributed by atoms with van der Waals surface area (Å²) in [6, 6.07) is 11.6. The largest absolute Gasteiger partial charge is 0.501 e. The monoisotopic (exact) mass is 622 g/mol. The van der Waals surface area contributed by atoms with Crippen molar-refractivity contribution in [3.63, 3.8) is 0 Å². The lowest BCUT2D eigenvalue weighted by molar-refractivity contribution is -0.136. The SMILES string of the molecule is COc1cc(F)c(-c2cccc(CC(=O)O)c2)cc1C(=O)NC1CCCC1C(=O)Nc1cccc(S(=O)(=O)C(F)(F)F)c1. The van der Waals surface area contributed by atoms with E-state index in [1.54, 1.807) is 18.2 Å². The zero-order chi connectivity index (χ0) is 31.5. The minimum absolute atomic E-state index is 0.0209. The van der Waals surface area contributed by atoms with E-state index in [0.717, 1.165) is 18.2 Å². The Morgan fingerprint density at radius 2 is 1.74 bits per heavy atom. The number of ether oxygens (including phenoxy) is 1. The molecule has 1 saturated carbocycles. The van der Waals surface area contributed by atoms with Gasteiger partial charge in [-0.15, -0.1) is 0 Å². The van der Waals surface area contributed by atoms with E-state index in [1.807, 2.05) is 0 Å². The maximum atomic E-state index is 15.0. The van der Waals surface area contributed by atoms with Gasteiger partial charge < -0.3 is 20.5 Å². The number of alkyl halides is 3. The molecule has 1 aliphatic carbocycles. The molecule has 3 aromatic carbocycles. The first-order chi connectivity index (χ1) is 20.2. The fourth-order valence-electron chi connectivity index (χ4n) is 4.95. The predicted molar refractivity (Wildman–Crippen MR) is 147 cm³/mol. The van der Waals surface area contributed by atoms with E-state index in [2.05, 4.69) is 10.6 Å². The van der Waals surface area contributed by atoms with Crippen molar-refractivity contribution in [2.24, 2.45) is 5.92 Å². The number of hydrogen-bond acceptors (Lipinski definition) is 6. The van der Waals surface area contributed by atoms with Crippen molar-refractivity contribution in [1.82, 2.24) is 5.32 Å². The van der Waals surface area contributed by atoms with Crippen LogP contribution in [0.25, 0.3) is 11.1 Å². The maximum absolute atomic E-state index is 15.0. The normalized spacial score (nSPS) is 16.9. The molecule has 1 aliphatic rings. The van der Waals surface area contributed by atoms with Crippen molar-refractivity contribution in [2.45, 2.75) is 42.1 Å². The minimum atomic E-state index is -5.63. The smallest absolute Gasteiger partial charge is 0.496 e. The van der Waals surface area contributed by atoms with Crippen molar-refractivity contribution >= 4 is 33.3 Å². The number of carboxylic acid groups (broad SMARTS) is 1. The van der Waals surface area contributed by atoms with Crippen LogP contribution in [0.3, 0.4) is 0 Å². The molecule has 2 unspecified atom stereocenters. The molecular weight excluding hydrogens is 596 g/mol. The molecule has 14 heteroatoms. The maximum Gasteiger partial charge on any atom is 0.501 e. The van der Waals surface area contributed by atoms with E-state index in [0.29, 0.717) is 36.5 Å². The Bertz CT molecular complexity index is 1680. The molecule has 0 aromatic heterocycles. The summed E-state index contributed by atoms with van der Waals surface area (Å²) in [6.45, 7) is 0. The molecule has 9 nitrogen and oxygen atoms in total. The van der Waals surface area contributed by atoms with Crippen molar-refractivity contribution in [2.75, 3.05) is 12.4 Å². The van der Waals surface area contributed by atoms with E-state index >= 15 is 4.39 Å². The van der Waals surface area contributed by atoms with Gasteiger partial charge in [-0.25, -0.2) is 12.8 Å². The van der Waals surface area contributed by atoms with E-state index in [-0.39, 0.29) is 29.0 Å². The highest BCUT2D eigenvalue weighted by Crippen LogP contribution is 2.34. The molecule has 1 fully saturated rings. The standard InChI is InChI=1S/C29H26F4N2O7S/c1-42-25-15-23(30)21(17-6-2-5-16(11-17)12-26(36)37)14-22(25)28(39)35-24-10-4-9-20(24)27(38)34-18-7-3-8-19(13-18)43(40,41)29(31,32)33/h2-3,5-8,11,13-15,20,24H,4,9-10,12H2,1H3,(H,34,38)(H,35,39)(H,36,37). The van der Waals surface area contributed by atoms with Gasteiger partial charge in [0.2, 0.25) is 5.91 Å². The van der Waals surface area contributed by atoms with Gasteiger partial charge in [-0.05, 0) is 48.2 Å². The Morgan fingerprint density at radius 3 is 2.42 bits per heavy atom. The molecule has 228 valence electrons. The van der Waals surface area contributed by atoms with Crippen LogP contribution in [0.4, 0.5) is 23.2 Å². The number of halogens is 4. The third-order valence-corrected chi connectivity index (χ3v) is 8.50. The van der Waals surface area contributed by atoms with Crippen molar-refractivity contribution in [1.29, 1.82) is 0 Å². The number of carboxylic acids is 1. The average Bonchev–Trinajstić information content (AvgIpc) is 3.40. The average molecular weight is 623 g/mol. The number of anilines is 1. The number of rotatable bonds is 9. The molecule has 0 heterocycles. The van der Waals surface area contributed by atoms with Gasteiger partial charge >= 0.3 is 11.5 Å². The highest BCUT2D eigenvalue weighted by molar-refractivity contribution is 7.92. The molecular formula is C29H26F4N2O7S. The molecule has 3 N–H and O–H groups in total. The molecule has 2 amide bonds. The Labute approximate surface area is 243 Å². The molecule has 0 aliphatic heterocycles. The molecule has 43 heavy (non-hydrogen) atoms. The van der Waals surface area contributed by atoms with Crippen LogP contribution in [0.2, 0.25) is 0 Å². The number of amides is 2. The van der Waals surface area contributed by atoms with Gasteiger partial charge in [0.05, 0.1) is 29.9 Å². The Kier molecular flexibility index (Phi) is 9.09. The second kappa shape index (κ2) is 12.4. The van der Waals surface area contributed by atoms with Crippen LogP contribution in [0.15, 0.2) is 65.6 Å². The number of aliphatic carboxylic acids is 1. The first-order valence-corrected chi connectivity index (χ1v) is 14.4. The lowest BCUT2D eigenvalue weighted by atomic mass is 9.98. The van der Waals surface area contributed by atoms with E-state index in [4.69, 9.17) is 9.84 Å². The molecule has 0 radical (unpaired) electrons. The van der Waals surface area contributed by atoms with Crippen LogP contribution in [-0.2, 0) is 25.8 Å². The van der Waals surface area contributed by atoms with Gasteiger partial charge in [0.25, 0.3) is 15.7 Å². The van der Waals surface area contributed by atoms with Crippen LogP contribution in [0.1, 0.15) is 35.2 Å². The van der Waals surface area contributed by atoms with E-state index in [1.165, 1.54) is 25.3 Å². The fourth-order valence-corrected chi connectivity index (χ4v) is 5.76. The van der Waals surface area contributed by atoms with Gasteiger partial charge in [-0.1, -0.05) is 36.8 Å². The second-order valence-electron chi connectivity index (χ2n) is 9.89. The topological polar surface area (TPSA) is 139 Å². The predicted octanol–water partition coefficient (Wildman–Crippen LogP) is 4.96. The first-order valence-electron chi connectivity index (χ1n) is 12.9. The summed E-state index contributed by atoms with van der Waals surface area (Å²) in [5.74, 6) is -3.97. The molecule has 0 bridgehead atoms. The Morgan fingerprint density at radius 1 is 1.02 bits per heavy atom.